The summed E-state index contributed by atoms with van der Waals surface area (Å²) >= 11 is 0. The number of carbonyl (C=O) groups is 1. The van der Waals surface area contributed by atoms with E-state index < -0.39 is 0 Å². The molecule has 3 N–H and O–H groups in total. The van der Waals surface area contributed by atoms with Crippen molar-refractivity contribution in [3.63, 3.8) is 0 Å². The Balaban J connectivity index is 1.87. The second kappa shape index (κ2) is 9.73. The number of nitrogens with one attached hydrogen (secondary N) is 3. The molecule has 2 rings (SSSR count). The molecule has 0 radical (unpaired) electrons. The summed E-state index contributed by atoms with van der Waals surface area (Å²) in [7, 11) is 1.67. The lowest BCUT2D eigenvalue weighted by Gasteiger charge is -2.32. The van der Waals surface area contributed by atoms with Crippen molar-refractivity contribution >= 4 is 11.9 Å². The van der Waals surface area contributed by atoms with E-state index in [9.17, 15) is 4.79 Å². The molecule has 0 atom stereocenters. The lowest BCUT2D eigenvalue weighted by Crippen LogP contribution is -2.50. The third-order valence-corrected chi connectivity index (χ3v) is 4.58. The van der Waals surface area contributed by atoms with Gasteiger partial charge in [-0.3, -0.25) is 9.69 Å². The Bertz CT molecular complexity index is 626. The lowest BCUT2D eigenvalue weighted by atomic mass is 9.94. The van der Waals surface area contributed by atoms with E-state index in [0.29, 0.717) is 25.0 Å². The van der Waals surface area contributed by atoms with Crippen LogP contribution < -0.4 is 16.0 Å². The van der Waals surface area contributed by atoms with E-state index in [4.69, 9.17) is 4.42 Å². The molecule has 0 spiro atoms. The summed E-state index contributed by atoms with van der Waals surface area (Å²) in [6, 6.07) is 0.346. The fraction of sp³-hybridized carbons (Fsp3) is 0.737. The molecule has 1 aliphatic rings. The van der Waals surface area contributed by atoms with Gasteiger partial charge in [-0.05, 0) is 19.8 Å². The summed E-state index contributed by atoms with van der Waals surface area (Å²) in [4.78, 5) is 22.6. The van der Waals surface area contributed by atoms with Crippen molar-refractivity contribution in [3.8, 4) is 0 Å². The van der Waals surface area contributed by atoms with Crippen molar-refractivity contribution in [2.24, 2.45) is 4.99 Å². The highest BCUT2D eigenvalue weighted by molar-refractivity contribution is 5.80. The van der Waals surface area contributed by atoms with Crippen molar-refractivity contribution < 1.29 is 9.21 Å². The van der Waals surface area contributed by atoms with Gasteiger partial charge in [0.25, 0.3) is 0 Å². The van der Waals surface area contributed by atoms with Gasteiger partial charge in [0.2, 0.25) is 11.8 Å². The molecule has 1 aromatic rings. The van der Waals surface area contributed by atoms with Crippen LogP contribution in [-0.2, 0) is 16.8 Å². The van der Waals surface area contributed by atoms with Gasteiger partial charge in [0.1, 0.15) is 12.3 Å². The Morgan fingerprint density at radius 1 is 1.37 bits per heavy atom. The number of hydrogen-bond donors (Lipinski definition) is 3. The van der Waals surface area contributed by atoms with Crippen LogP contribution in [0, 0.1) is 0 Å². The molecule has 0 aromatic carbocycles. The van der Waals surface area contributed by atoms with Gasteiger partial charge in [-0.2, -0.15) is 0 Å². The van der Waals surface area contributed by atoms with E-state index in [1.54, 1.807) is 13.2 Å². The first-order valence-electron chi connectivity index (χ1n) is 9.74. The molecule has 0 bridgehead atoms. The van der Waals surface area contributed by atoms with E-state index >= 15 is 0 Å². The summed E-state index contributed by atoms with van der Waals surface area (Å²) in [5, 5.41) is 9.45. The van der Waals surface area contributed by atoms with Gasteiger partial charge in [0, 0.05) is 38.1 Å². The van der Waals surface area contributed by atoms with Crippen LogP contribution in [-0.4, -0.2) is 61.0 Å². The van der Waals surface area contributed by atoms with E-state index in [1.807, 2.05) is 6.92 Å². The van der Waals surface area contributed by atoms with Gasteiger partial charge in [0.05, 0.1) is 12.7 Å². The van der Waals surface area contributed by atoms with Gasteiger partial charge in [-0.15, -0.1) is 0 Å². The zero-order valence-corrected chi connectivity index (χ0v) is 17.3. The number of nitrogens with zero attached hydrogens (tertiary/aromatic N) is 3. The normalized spacial score (nSPS) is 17.0. The number of guanidine groups is 1. The van der Waals surface area contributed by atoms with Gasteiger partial charge in [-0.1, -0.05) is 20.8 Å². The molecule has 0 aliphatic carbocycles. The van der Waals surface area contributed by atoms with Crippen molar-refractivity contribution in [1.29, 1.82) is 0 Å². The SMILES string of the molecule is CCNC(=NCc1ncc(C(C)(C)C)o1)NC1CCN(CC(=O)NC)CC1. The van der Waals surface area contributed by atoms with Crippen molar-refractivity contribution in [3.05, 3.63) is 17.8 Å². The minimum atomic E-state index is -0.0552. The molecule has 1 saturated heterocycles. The fourth-order valence-electron chi connectivity index (χ4n) is 2.91. The second-order valence-corrected chi connectivity index (χ2v) is 7.93. The van der Waals surface area contributed by atoms with Crippen molar-refractivity contribution in [2.75, 3.05) is 33.2 Å². The van der Waals surface area contributed by atoms with Crippen LogP contribution in [0.5, 0.6) is 0 Å². The minimum absolute atomic E-state index is 0.0552. The maximum atomic E-state index is 11.5. The highest BCUT2D eigenvalue weighted by Gasteiger charge is 2.22. The number of piperidine rings is 1. The molecule has 8 nitrogen and oxygen atoms in total. The highest BCUT2D eigenvalue weighted by atomic mass is 16.4. The molecular formula is C19H34N6O2. The Morgan fingerprint density at radius 2 is 2.07 bits per heavy atom. The van der Waals surface area contributed by atoms with E-state index in [-0.39, 0.29) is 11.3 Å². The highest BCUT2D eigenvalue weighted by Crippen LogP contribution is 2.22. The Morgan fingerprint density at radius 3 is 2.63 bits per heavy atom. The smallest absolute Gasteiger partial charge is 0.233 e. The van der Waals surface area contributed by atoms with Crippen LogP contribution in [0.25, 0.3) is 0 Å². The summed E-state index contributed by atoms with van der Waals surface area (Å²) < 4.78 is 5.81. The monoisotopic (exact) mass is 378 g/mol. The fourth-order valence-corrected chi connectivity index (χ4v) is 2.91. The van der Waals surface area contributed by atoms with Crippen LogP contribution in [0.2, 0.25) is 0 Å². The molecular weight excluding hydrogens is 344 g/mol. The predicted molar refractivity (Wildman–Crippen MR) is 107 cm³/mol. The number of rotatable bonds is 6. The number of likely N-dealkylation sites (tertiary alicyclic amines) is 1. The maximum Gasteiger partial charge on any atom is 0.233 e. The molecule has 2 heterocycles. The molecule has 27 heavy (non-hydrogen) atoms. The molecule has 8 heteroatoms. The van der Waals surface area contributed by atoms with Gasteiger partial charge in [-0.25, -0.2) is 9.98 Å². The maximum absolute atomic E-state index is 11.5. The summed E-state index contributed by atoms with van der Waals surface area (Å²) in [6.45, 7) is 11.8. The molecule has 0 saturated carbocycles. The standard InChI is InChI=1S/C19H34N6O2/c1-6-21-18(23-12-17-22-11-15(27-17)19(2,3)4)24-14-7-9-25(10-8-14)13-16(26)20-5/h11,14H,6-10,12-13H2,1-5H3,(H,20,26)(H2,21,23,24). The Labute approximate surface area is 162 Å². The molecule has 1 aliphatic heterocycles. The lowest BCUT2D eigenvalue weighted by molar-refractivity contribution is -0.122. The summed E-state index contributed by atoms with van der Waals surface area (Å²) in [6.07, 6.45) is 3.75. The third kappa shape index (κ3) is 6.86. The quantitative estimate of drug-likeness (QED) is 0.509. The van der Waals surface area contributed by atoms with Crippen LogP contribution >= 0.6 is 0 Å². The first-order valence-corrected chi connectivity index (χ1v) is 9.74. The second-order valence-electron chi connectivity index (χ2n) is 7.93. The zero-order chi connectivity index (χ0) is 19.9. The van der Waals surface area contributed by atoms with E-state index in [1.165, 1.54) is 0 Å². The molecule has 1 aromatic heterocycles. The number of aliphatic imine (C=N–C) groups is 1. The minimum Gasteiger partial charge on any atom is -0.443 e. The first-order chi connectivity index (χ1) is 12.8. The molecule has 152 valence electrons. The third-order valence-electron chi connectivity index (χ3n) is 4.58. The van der Waals surface area contributed by atoms with Gasteiger partial charge in [0.15, 0.2) is 5.96 Å². The number of oxazole rings is 1. The number of carbonyl (C=O) groups excluding carboxylic acids is 1. The van der Waals surface area contributed by atoms with E-state index in [2.05, 4.69) is 51.6 Å². The average Bonchev–Trinajstić information content (AvgIpc) is 3.11. The summed E-state index contributed by atoms with van der Waals surface area (Å²) in [5.74, 6) is 2.33. The molecule has 1 amide bonds. The van der Waals surface area contributed by atoms with Crippen LogP contribution in [0.15, 0.2) is 15.6 Å². The number of likely N-dealkylation sites (N-methyl/N-ethyl adjacent to an activating group) is 1. The Kier molecular flexibility index (Phi) is 7.65. The average molecular weight is 379 g/mol. The predicted octanol–water partition coefficient (Wildman–Crippen LogP) is 1.24. The molecule has 0 unspecified atom stereocenters. The van der Waals surface area contributed by atoms with E-state index in [0.717, 1.165) is 44.2 Å². The molecule has 1 fully saturated rings. The number of amides is 1. The Hall–Kier alpha value is -2.09. The first kappa shape index (κ1) is 21.2. The zero-order valence-electron chi connectivity index (χ0n) is 17.3. The van der Waals surface area contributed by atoms with Crippen LogP contribution in [0.1, 0.15) is 52.2 Å². The van der Waals surface area contributed by atoms with Crippen molar-refractivity contribution in [1.82, 2.24) is 25.8 Å². The largest absolute Gasteiger partial charge is 0.443 e. The van der Waals surface area contributed by atoms with Gasteiger partial charge < -0.3 is 20.4 Å². The van der Waals surface area contributed by atoms with Crippen LogP contribution in [0.4, 0.5) is 0 Å². The van der Waals surface area contributed by atoms with Crippen LogP contribution in [0.3, 0.4) is 0 Å². The number of aromatic nitrogens is 1. The topological polar surface area (TPSA) is 94.8 Å². The summed E-state index contributed by atoms with van der Waals surface area (Å²) in [5.41, 5.74) is -0.0552. The van der Waals surface area contributed by atoms with Gasteiger partial charge >= 0.3 is 0 Å². The van der Waals surface area contributed by atoms with Crippen molar-refractivity contribution in [2.45, 2.75) is 58.5 Å². The number of hydrogen-bond acceptors (Lipinski definition) is 5.